The van der Waals surface area contributed by atoms with Gasteiger partial charge in [0.2, 0.25) is 10.0 Å². The minimum atomic E-state index is -3.60. The highest BCUT2D eigenvalue weighted by molar-refractivity contribution is 7.89. The molecule has 25 heavy (non-hydrogen) atoms. The van der Waals surface area contributed by atoms with E-state index in [1.165, 1.54) is 39.3 Å². The zero-order chi connectivity index (χ0) is 18.0. The van der Waals surface area contributed by atoms with Crippen molar-refractivity contribution < 1.29 is 17.6 Å². The predicted octanol–water partition coefficient (Wildman–Crippen LogP) is 2.59. The van der Waals surface area contributed by atoms with Gasteiger partial charge in [-0.2, -0.15) is 4.31 Å². The maximum atomic E-state index is 13.2. The molecule has 0 unspecified atom stereocenters. The second kappa shape index (κ2) is 6.97. The fraction of sp³-hybridized carbons (Fsp3) is 0.353. The van der Waals surface area contributed by atoms with Crippen LogP contribution < -0.4 is 5.32 Å². The molecule has 1 aromatic carbocycles. The molecule has 2 heterocycles. The van der Waals surface area contributed by atoms with Crippen LogP contribution >= 0.6 is 0 Å². The molecular weight excluding hydrogens is 345 g/mol. The van der Waals surface area contributed by atoms with E-state index < -0.39 is 21.7 Å². The van der Waals surface area contributed by atoms with E-state index in [4.69, 9.17) is 0 Å². The van der Waals surface area contributed by atoms with Crippen LogP contribution in [0.5, 0.6) is 0 Å². The van der Waals surface area contributed by atoms with Gasteiger partial charge in [-0.25, -0.2) is 12.8 Å². The van der Waals surface area contributed by atoms with Crippen LogP contribution in [0.4, 0.5) is 10.1 Å². The van der Waals surface area contributed by atoms with Crippen molar-refractivity contribution in [1.82, 2.24) is 8.87 Å². The van der Waals surface area contributed by atoms with Crippen LogP contribution in [-0.2, 0) is 17.1 Å². The first-order valence-corrected chi connectivity index (χ1v) is 9.55. The summed E-state index contributed by atoms with van der Waals surface area (Å²) in [5.41, 5.74) is 0.506. The van der Waals surface area contributed by atoms with E-state index in [-0.39, 0.29) is 10.6 Å². The fourth-order valence-corrected chi connectivity index (χ4v) is 4.51. The van der Waals surface area contributed by atoms with E-state index in [0.717, 1.165) is 19.3 Å². The third kappa shape index (κ3) is 3.74. The Morgan fingerprint density at radius 1 is 1.16 bits per heavy atom. The lowest BCUT2D eigenvalue weighted by atomic mass is 10.2. The number of benzene rings is 1. The molecule has 1 aliphatic heterocycles. The Kier molecular flexibility index (Phi) is 4.91. The molecule has 3 rings (SSSR count). The van der Waals surface area contributed by atoms with Gasteiger partial charge in [0.05, 0.1) is 0 Å². The Bertz CT molecular complexity index is 886. The molecule has 8 heteroatoms. The highest BCUT2D eigenvalue weighted by Crippen LogP contribution is 2.23. The highest BCUT2D eigenvalue weighted by atomic mass is 32.2. The summed E-state index contributed by atoms with van der Waals surface area (Å²) < 4.78 is 41.6. The topological polar surface area (TPSA) is 71.4 Å². The Hall–Kier alpha value is -2.19. The number of rotatable bonds is 4. The van der Waals surface area contributed by atoms with Crippen molar-refractivity contribution >= 4 is 21.6 Å². The van der Waals surface area contributed by atoms with E-state index in [1.807, 2.05) is 0 Å². The number of sulfonamides is 1. The van der Waals surface area contributed by atoms with Crippen LogP contribution in [0.15, 0.2) is 41.4 Å². The monoisotopic (exact) mass is 365 g/mol. The molecule has 1 fully saturated rings. The third-order valence-corrected chi connectivity index (χ3v) is 6.11. The summed E-state index contributed by atoms with van der Waals surface area (Å²) in [7, 11) is -2.00. The van der Waals surface area contributed by atoms with Crippen molar-refractivity contribution in [2.75, 3.05) is 18.4 Å². The number of carbonyl (C=O) groups excluding carboxylic acids is 1. The van der Waals surface area contributed by atoms with Crippen LogP contribution in [0.25, 0.3) is 0 Å². The third-order valence-electron chi connectivity index (χ3n) is 4.25. The van der Waals surface area contributed by atoms with Gasteiger partial charge in [-0.3, -0.25) is 4.79 Å². The molecule has 134 valence electrons. The number of anilines is 1. The van der Waals surface area contributed by atoms with Crippen molar-refractivity contribution in [3.05, 3.63) is 48.0 Å². The van der Waals surface area contributed by atoms with E-state index >= 15 is 0 Å². The minimum absolute atomic E-state index is 0.0984. The number of nitrogens with one attached hydrogen (secondary N) is 1. The smallest absolute Gasteiger partial charge is 0.272 e. The fourth-order valence-electron chi connectivity index (χ4n) is 2.92. The lowest BCUT2D eigenvalue weighted by Crippen LogP contribution is -2.35. The molecule has 1 aromatic heterocycles. The first-order chi connectivity index (χ1) is 11.9. The van der Waals surface area contributed by atoms with Crippen LogP contribution in [0, 0.1) is 5.82 Å². The number of hydrogen-bond acceptors (Lipinski definition) is 3. The van der Waals surface area contributed by atoms with Gasteiger partial charge >= 0.3 is 0 Å². The van der Waals surface area contributed by atoms with Gasteiger partial charge in [-0.1, -0.05) is 12.5 Å². The Morgan fingerprint density at radius 2 is 1.88 bits per heavy atom. The molecule has 0 spiro atoms. The number of aromatic nitrogens is 1. The Morgan fingerprint density at radius 3 is 2.56 bits per heavy atom. The molecule has 0 bridgehead atoms. The van der Waals surface area contributed by atoms with Crippen molar-refractivity contribution in [3.8, 4) is 0 Å². The molecule has 1 saturated heterocycles. The van der Waals surface area contributed by atoms with Crippen molar-refractivity contribution in [2.24, 2.45) is 7.05 Å². The first kappa shape index (κ1) is 17.6. The molecule has 6 nitrogen and oxygen atoms in total. The number of hydrogen-bond donors (Lipinski definition) is 1. The summed E-state index contributed by atoms with van der Waals surface area (Å²) >= 11 is 0. The largest absolute Gasteiger partial charge is 0.345 e. The first-order valence-electron chi connectivity index (χ1n) is 8.11. The van der Waals surface area contributed by atoms with Gasteiger partial charge in [0, 0.05) is 32.0 Å². The number of amides is 1. The summed E-state index contributed by atoms with van der Waals surface area (Å²) in [6.07, 6.45) is 4.16. The highest BCUT2D eigenvalue weighted by Gasteiger charge is 2.28. The standard InChI is InChI=1S/C17H20FN3O3S/c1-20-12-15(25(23,24)21-8-3-2-4-9-21)11-16(20)17(22)19-14-7-5-6-13(18)10-14/h5-7,10-12H,2-4,8-9H2,1H3,(H,19,22). The maximum absolute atomic E-state index is 13.2. The lowest BCUT2D eigenvalue weighted by molar-refractivity contribution is 0.101. The predicted molar refractivity (Wildman–Crippen MR) is 92.4 cm³/mol. The van der Waals surface area contributed by atoms with Gasteiger partial charge in [0.15, 0.2) is 0 Å². The Labute approximate surface area is 146 Å². The van der Waals surface area contributed by atoms with Crippen LogP contribution in [0.2, 0.25) is 0 Å². The second-order valence-electron chi connectivity index (χ2n) is 6.10. The molecule has 2 aromatic rings. The number of nitrogens with zero attached hydrogens (tertiary/aromatic N) is 2. The number of carbonyl (C=O) groups is 1. The summed E-state index contributed by atoms with van der Waals surface area (Å²) in [5, 5.41) is 2.58. The summed E-state index contributed by atoms with van der Waals surface area (Å²) in [6, 6.07) is 6.89. The molecule has 0 saturated carbocycles. The van der Waals surface area contributed by atoms with Crippen molar-refractivity contribution in [3.63, 3.8) is 0 Å². The van der Waals surface area contributed by atoms with Crippen LogP contribution in [-0.4, -0.2) is 36.3 Å². The van der Waals surface area contributed by atoms with E-state index in [9.17, 15) is 17.6 Å². The normalized spacial score (nSPS) is 15.9. The van der Waals surface area contributed by atoms with E-state index in [2.05, 4.69) is 5.32 Å². The zero-order valence-corrected chi connectivity index (χ0v) is 14.7. The molecule has 1 N–H and O–H groups in total. The maximum Gasteiger partial charge on any atom is 0.272 e. The zero-order valence-electron chi connectivity index (χ0n) is 13.9. The molecule has 0 radical (unpaired) electrons. The Balaban J connectivity index is 1.83. The summed E-state index contributed by atoms with van der Waals surface area (Å²) in [6.45, 7) is 1.00. The van der Waals surface area contributed by atoms with Crippen molar-refractivity contribution in [2.45, 2.75) is 24.2 Å². The second-order valence-corrected chi connectivity index (χ2v) is 8.04. The molecule has 1 amide bonds. The molecule has 1 aliphatic rings. The molecule has 0 aliphatic carbocycles. The van der Waals surface area contributed by atoms with E-state index in [0.29, 0.717) is 18.8 Å². The van der Waals surface area contributed by atoms with Gasteiger partial charge in [-0.05, 0) is 37.1 Å². The van der Waals surface area contributed by atoms with Gasteiger partial charge < -0.3 is 9.88 Å². The average molecular weight is 365 g/mol. The quantitative estimate of drug-likeness (QED) is 0.905. The average Bonchev–Trinajstić information content (AvgIpc) is 2.98. The molecular formula is C17H20FN3O3S. The summed E-state index contributed by atoms with van der Waals surface area (Å²) in [5.74, 6) is -0.953. The lowest BCUT2D eigenvalue weighted by Gasteiger charge is -2.25. The minimum Gasteiger partial charge on any atom is -0.345 e. The number of aryl methyl sites for hydroxylation is 1. The SMILES string of the molecule is Cn1cc(S(=O)(=O)N2CCCCC2)cc1C(=O)Nc1cccc(F)c1. The van der Waals surface area contributed by atoms with Gasteiger partial charge in [0.25, 0.3) is 5.91 Å². The van der Waals surface area contributed by atoms with Crippen LogP contribution in [0.3, 0.4) is 0 Å². The molecule has 0 atom stereocenters. The van der Waals surface area contributed by atoms with E-state index in [1.54, 1.807) is 13.1 Å². The number of halogens is 1. The summed E-state index contributed by atoms with van der Waals surface area (Å²) in [4.78, 5) is 12.5. The number of piperidine rings is 1. The van der Waals surface area contributed by atoms with Gasteiger partial charge in [0.1, 0.15) is 16.4 Å². The van der Waals surface area contributed by atoms with Gasteiger partial charge in [-0.15, -0.1) is 0 Å². The van der Waals surface area contributed by atoms with Crippen LogP contribution in [0.1, 0.15) is 29.8 Å². The van der Waals surface area contributed by atoms with Crippen molar-refractivity contribution in [1.29, 1.82) is 0 Å².